The number of hydrogen-bond donors (Lipinski definition) is 0. The van der Waals surface area contributed by atoms with Gasteiger partial charge in [-0.15, -0.1) is 0 Å². The predicted octanol–water partition coefficient (Wildman–Crippen LogP) is 3.57. The Bertz CT molecular complexity index is 1010. The number of nitrogens with zero attached hydrogens (tertiary/aromatic N) is 3. The lowest BCUT2D eigenvalue weighted by Crippen LogP contribution is -2.36. The second-order valence-electron chi connectivity index (χ2n) is 7.18. The highest BCUT2D eigenvalue weighted by molar-refractivity contribution is 5.83. The van der Waals surface area contributed by atoms with Gasteiger partial charge in [0.05, 0.1) is 10.9 Å². The van der Waals surface area contributed by atoms with Gasteiger partial charge in [-0.25, -0.2) is 9.97 Å². The zero-order chi connectivity index (χ0) is 16.9. The van der Waals surface area contributed by atoms with Crippen LogP contribution in [0.25, 0.3) is 22.0 Å². The summed E-state index contributed by atoms with van der Waals surface area (Å²) < 4.78 is 15.2. The van der Waals surface area contributed by atoms with Crippen LogP contribution in [0, 0.1) is 11.4 Å². The van der Waals surface area contributed by atoms with Gasteiger partial charge >= 0.3 is 0 Å². The summed E-state index contributed by atoms with van der Waals surface area (Å²) in [4.78, 5) is 21.1. The van der Waals surface area contributed by atoms with Crippen LogP contribution in [0.15, 0.2) is 41.3 Å². The monoisotopic (exact) mass is 323 g/mol. The zero-order valence-corrected chi connectivity index (χ0v) is 13.7. The fraction of sp³-hybridized carbons (Fsp3) is 0.316. The Morgan fingerprint density at radius 2 is 1.96 bits per heavy atom. The lowest BCUT2D eigenvalue weighted by atomic mass is 9.85. The highest BCUT2D eigenvalue weighted by Gasteiger charge is 2.27. The van der Waals surface area contributed by atoms with E-state index in [1.54, 1.807) is 16.7 Å². The molecule has 2 aromatic heterocycles. The van der Waals surface area contributed by atoms with E-state index >= 15 is 0 Å². The average Bonchev–Trinajstić information content (AvgIpc) is 2.55. The van der Waals surface area contributed by atoms with Crippen LogP contribution < -0.4 is 5.56 Å². The maximum absolute atomic E-state index is 13.3. The molecule has 24 heavy (non-hydrogen) atoms. The Labute approximate surface area is 139 Å². The first-order chi connectivity index (χ1) is 11.4. The number of aromatic nitrogens is 3. The quantitative estimate of drug-likeness (QED) is 0.643. The Morgan fingerprint density at radius 3 is 2.75 bits per heavy atom. The molecule has 0 N–H and O–H groups in total. The molecule has 0 unspecified atom stereocenters. The van der Waals surface area contributed by atoms with Gasteiger partial charge in [-0.05, 0) is 41.2 Å². The molecule has 5 heteroatoms. The molecular weight excluding hydrogens is 305 g/mol. The van der Waals surface area contributed by atoms with E-state index in [2.05, 4.69) is 18.8 Å². The number of rotatable bonds is 1. The first-order valence-electron chi connectivity index (χ1n) is 8.08. The molecule has 4 nitrogen and oxygen atoms in total. The summed E-state index contributed by atoms with van der Waals surface area (Å²) >= 11 is 0. The lowest BCUT2D eigenvalue weighted by Gasteiger charge is -2.31. The smallest absolute Gasteiger partial charge is 0.261 e. The maximum atomic E-state index is 13.3. The van der Waals surface area contributed by atoms with Crippen molar-refractivity contribution in [3.8, 4) is 11.1 Å². The van der Waals surface area contributed by atoms with Crippen LogP contribution in [0.4, 0.5) is 4.39 Å². The molecule has 0 radical (unpaired) electrons. The molecule has 0 saturated carbocycles. The van der Waals surface area contributed by atoms with Crippen molar-refractivity contribution in [3.05, 3.63) is 58.7 Å². The van der Waals surface area contributed by atoms with E-state index in [1.807, 2.05) is 12.1 Å². The van der Waals surface area contributed by atoms with Crippen LogP contribution in [0.2, 0.25) is 0 Å². The Hall–Kier alpha value is -2.56. The highest BCUT2D eigenvalue weighted by atomic mass is 19.1. The topological polar surface area (TPSA) is 47.8 Å². The van der Waals surface area contributed by atoms with E-state index in [4.69, 9.17) is 4.98 Å². The van der Waals surface area contributed by atoms with Crippen LogP contribution in [0.3, 0.4) is 0 Å². The molecule has 0 spiro atoms. The minimum Gasteiger partial charge on any atom is -0.296 e. The molecule has 0 amide bonds. The van der Waals surface area contributed by atoms with Gasteiger partial charge in [-0.3, -0.25) is 9.36 Å². The van der Waals surface area contributed by atoms with Crippen molar-refractivity contribution in [2.75, 3.05) is 0 Å². The van der Waals surface area contributed by atoms with Gasteiger partial charge in [-0.2, -0.15) is 4.39 Å². The number of aryl methyl sites for hydroxylation is 1. The average molecular weight is 323 g/mol. The third-order valence-corrected chi connectivity index (χ3v) is 4.71. The predicted molar refractivity (Wildman–Crippen MR) is 91.3 cm³/mol. The fourth-order valence-corrected chi connectivity index (χ4v) is 3.34. The number of halogens is 1. The standard InChI is InChI=1S/C19H18FN3O/c1-19(2)7-5-17-22-15-9-12(13-6-8-21-16(20)10-13)3-4-14(15)18(24)23(17)11-19/h3-4,6,8-10H,5,7,11H2,1-2H3. The van der Waals surface area contributed by atoms with Crippen LogP contribution in [-0.2, 0) is 13.0 Å². The molecule has 1 aliphatic heterocycles. The molecule has 0 bridgehead atoms. The summed E-state index contributed by atoms with van der Waals surface area (Å²) in [5, 5.41) is 0.606. The van der Waals surface area contributed by atoms with Gasteiger partial charge in [0.2, 0.25) is 5.95 Å². The van der Waals surface area contributed by atoms with Crippen LogP contribution in [0.1, 0.15) is 26.1 Å². The molecule has 0 fully saturated rings. The summed E-state index contributed by atoms with van der Waals surface area (Å²) in [7, 11) is 0. The second-order valence-corrected chi connectivity index (χ2v) is 7.18. The molecule has 122 valence electrons. The molecule has 3 aromatic rings. The largest absolute Gasteiger partial charge is 0.296 e. The van der Waals surface area contributed by atoms with Gasteiger partial charge in [0.1, 0.15) is 5.82 Å². The summed E-state index contributed by atoms with van der Waals surface area (Å²) in [6.07, 6.45) is 3.25. The summed E-state index contributed by atoms with van der Waals surface area (Å²) in [5.41, 5.74) is 2.35. The van der Waals surface area contributed by atoms with Crippen molar-refractivity contribution in [1.29, 1.82) is 0 Å². The van der Waals surface area contributed by atoms with Gasteiger partial charge < -0.3 is 0 Å². The van der Waals surface area contributed by atoms with Crippen molar-refractivity contribution in [3.63, 3.8) is 0 Å². The number of fused-ring (bicyclic) bond motifs is 2. The fourth-order valence-electron chi connectivity index (χ4n) is 3.34. The summed E-state index contributed by atoms with van der Waals surface area (Å²) in [6, 6.07) is 8.60. The van der Waals surface area contributed by atoms with Crippen molar-refractivity contribution in [2.24, 2.45) is 5.41 Å². The first-order valence-corrected chi connectivity index (χ1v) is 8.08. The number of benzene rings is 1. The highest BCUT2D eigenvalue weighted by Crippen LogP contribution is 2.30. The third kappa shape index (κ3) is 2.50. The van der Waals surface area contributed by atoms with E-state index in [-0.39, 0.29) is 11.0 Å². The first kappa shape index (κ1) is 15.0. The minimum atomic E-state index is -0.520. The van der Waals surface area contributed by atoms with E-state index in [0.717, 1.165) is 29.8 Å². The zero-order valence-electron chi connectivity index (χ0n) is 13.7. The Kier molecular flexibility index (Phi) is 3.27. The molecule has 0 aliphatic carbocycles. The molecule has 3 heterocycles. The van der Waals surface area contributed by atoms with Crippen molar-refractivity contribution < 1.29 is 4.39 Å². The SMILES string of the molecule is CC1(C)CCc2nc3cc(-c4ccnc(F)c4)ccc3c(=O)n2C1. The van der Waals surface area contributed by atoms with Crippen LogP contribution in [0.5, 0.6) is 0 Å². The third-order valence-electron chi connectivity index (χ3n) is 4.71. The van der Waals surface area contributed by atoms with E-state index < -0.39 is 5.95 Å². The van der Waals surface area contributed by atoms with Gasteiger partial charge in [0.15, 0.2) is 0 Å². The van der Waals surface area contributed by atoms with Gasteiger partial charge in [-0.1, -0.05) is 19.9 Å². The normalized spacial score (nSPS) is 16.1. The Balaban J connectivity index is 1.89. The lowest BCUT2D eigenvalue weighted by molar-refractivity contribution is 0.240. The van der Waals surface area contributed by atoms with Crippen LogP contribution >= 0.6 is 0 Å². The van der Waals surface area contributed by atoms with E-state index in [9.17, 15) is 9.18 Å². The molecule has 1 aliphatic rings. The molecular formula is C19H18FN3O. The summed E-state index contributed by atoms with van der Waals surface area (Å²) in [5.74, 6) is 0.318. The second kappa shape index (κ2) is 5.23. The molecule has 0 saturated heterocycles. The van der Waals surface area contributed by atoms with E-state index in [0.29, 0.717) is 17.4 Å². The molecule has 1 aromatic carbocycles. The maximum Gasteiger partial charge on any atom is 0.261 e. The van der Waals surface area contributed by atoms with Crippen molar-refractivity contribution in [2.45, 2.75) is 33.2 Å². The van der Waals surface area contributed by atoms with E-state index in [1.165, 1.54) is 12.3 Å². The summed E-state index contributed by atoms with van der Waals surface area (Å²) in [6.45, 7) is 5.04. The number of hydrogen-bond acceptors (Lipinski definition) is 3. The Morgan fingerprint density at radius 1 is 1.17 bits per heavy atom. The minimum absolute atomic E-state index is 0.00948. The van der Waals surface area contributed by atoms with Gasteiger partial charge in [0.25, 0.3) is 5.56 Å². The van der Waals surface area contributed by atoms with Crippen LogP contribution in [-0.4, -0.2) is 14.5 Å². The van der Waals surface area contributed by atoms with Gasteiger partial charge in [0, 0.05) is 25.2 Å². The van der Waals surface area contributed by atoms with Crippen molar-refractivity contribution >= 4 is 10.9 Å². The number of pyridine rings is 1. The van der Waals surface area contributed by atoms with Crippen molar-refractivity contribution in [1.82, 2.24) is 14.5 Å². The molecule has 4 rings (SSSR count). The molecule has 0 atom stereocenters.